The lowest BCUT2D eigenvalue weighted by Crippen LogP contribution is -2.40. The van der Waals surface area contributed by atoms with Gasteiger partial charge in [-0.1, -0.05) is 12.1 Å². The number of nitrogens with zero attached hydrogens (tertiary/aromatic N) is 2. The van der Waals surface area contributed by atoms with Crippen molar-refractivity contribution in [2.45, 2.75) is 50.6 Å². The molecule has 16 heteroatoms. The Labute approximate surface area is 227 Å². The number of hydrogen-bond donors (Lipinski definition) is 4. The Morgan fingerprint density at radius 1 is 1.00 bits per heavy atom. The molecule has 1 aromatic carbocycles. The minimum Gasteiger partial charge on any atom is -0.487 e. The van der Waals surface area contributed by atoms with Gasteiger partial charge in [-0.25, -0.2) is 14.2 Å². The SMILES string of the molecule is O=C(O)C(F)(F)F.O=C(O)[C@]1(Cc2cccc(Nc3cc[nH]n3)n2)CC[C@@H](Oc2cccc(C(F)(F)F)c2F)CC1. The Morgan fingerprint density at radius 2 is 1.63 bits per heavy atom. The number of halogens is 7. The van der Waals surface area contributed by atoms with E-state index in [1.807, 2.05) is 0 Å². The summed E-state index contributed by atoms with van der Waals surface area (Å²) >= 11 is 0. The zero-order chi connectivity index (χ0) is 30.4. The van der Waals surface area contributed by atoms with Crippen molar-refractivity contribution in [2.24, 2.45) is 5.41 Å². The summed E-state index contributed by atoms with van der Waals surface area (Å²) in [5.41, 5.74) is -1.93. The number of aromatic nitrogens is 3. The summed E-state index contributed by atoms with van der Waals surface area (Å²) in [4.78, 5) is 25.6. The monoisotopic (exact) mass is 592 g/mol. The van der Waals surface area contributed by atoms with E-state index < -0.39 is 52.9 Å². The van der Waals surface area contributed by atoms with Gasteiger partial charge in [0.1, 0.15) is 5.82 Å². The fourth-order valence-electron chi connectivity index (χ4n) is 4.18. The number of ether oxygens (including phenoxy) is 1. The molecule has 2 heterocycles. The summed E-state index contributed by atoms with van der Waals surface area (Å²) in [6.45, 7) is 0. The molecular weight excluding hydrogens is 569 g/mol. The number of anilines is 2. The van der Waals surface area contributed by atoms with Crippen molar-refractivity contribution in [3.63, 3.8) is 0 Å². The van der Waals surface area contributed by atoms with E-state index in [1.165, 1.54) is 0 Å². The lowest BCUT2D eigenvalue weighted by molar-refractivity contribution is -0.192. The number of alkyl halides is 6. The molecule has 3 aromatic rings. The van der Waals surface area contributed by atoms with Crippen LogP contribution in [0.5, 0.6) is 5.75 Å². The molecule has 9 nitrogen and oxygen atoms in total. The first-order valence-corrected chi connectivity index (χ1v) is 11.9. The zero-order valence-corrected chi connectivity index (χ0v) is 20.9. The van der Waals surface area contributed by atoms with Gasteiger partial charge in [0.2, 0.25) is 0 Å². The Kier molecular flexibility index (Phi) is 9.45. The minimum atomic E-state index is -5.08. The van der Waals surface area contributed by atoms with Crippen LogP contribution in [0.4, 0.5) is 42.4 Å². The molecule has 0 saturated heterocycles. The molecular formula is C25H23F7N4O5. The number of nitrogens with one attached hydrogen (secondary N) is 2. The topological polar surface area (TPSA) is 137 Å². The molecule has 2 aromatic heterocycles. The average Bonchev–Trinajstić information content (AvgIpc) is 3.39. The molecule has 41 heavy (non-hydrogen) atoms. The van der Waals surface area contributed by atoms with Gasteiger partial charge >= 0.3 is 24.3 Å². The lowest BCUT2D eigenvalue weighted by atomic mass is 9.70. The predicted octanol–water partition coefficient (Wildman–Crippen LogP) is 5.97. The highest BCUT2D eigenvalue weighted by Crippen LogP contribution is 2.42. The molecule has 4 N–H and O–H groups in total. The molecule has 1 fully saturated rings. The van der Waals surface area contributed by atoms with E-state index in [4.69, 9.17) is 14.6 Å². The summed E-state index contributed by atoms with van der Waals surface area (Å²) < 4.78 is 90.4. The van der Waals surface area contributed by atoms with Crippen molar-refractivity contribution in [1.82, 2.24) is 15.2 Å². The fraction of sp³-hybridized carbons (Fsp3) is 0.360. The van der Waals surface area contributed by atoms with Crippen LogP contribution in [0, 0.1) is 11.2 Å². The summed E-state index contributed by atoms with van der Waals surface area (Å²) in [7, 11) is 0. The molecule has 0 amide bonds. The van der Waals surface area contributed by atoms with Crippen LogP contribution < -0.4 is 10.1 Å². The molecule has 0 unspecified atom stereocenters. The van der Waals surface area contributed by atoms with Crippen LogP contribution in [-0.4, -0.2) is 49.6 Å². The smallest absolute Gasteiger partial charge is 0.487 e. The Bertz CT molecular complexity index is 1340. The van der Waals surface area contributed by atoms with Crippen molar-refractivity contribution >= 4 is 23.6 Å². The summed E-state index contributed by atoms with van der Waals surface area (Å²) in [6.07, 6.45) is -7.74. The molecule has 222 valence electrons. The summed E-state index contributed by atoms with van der Waals surface area (Å²) in [5, 5.41) is 26.8. The van der Waals surface area contributed by atoms with Gasteiger partial charge in [0, 0.05) is 24.4 Å². The average molecular weight is 592 g/mol. The first-order valence-electron chi connectivity index (χ1n) is 11.9. The molecule has 0 bridgehead atoms. The van der Waals surface area contributed by atoms with Gasteiger partial charge in [-0.15, -0.1) is 0 Å². The molecule has 0 atom stereocenters. The molecule has 1 saturated carbocycles. The first-order chi connectivity index (χ1) is 19.1. The van der Waals surface area contributed by atoms with E-state index in [2.05, 4.69) is 20.5 Å². The molecule has 1 aliphatic carbocycles. The predicted molar refractivity (Wildman–Crippen MR) is 128 cm³/mol. The second-order valence-corrected chi connectivity index (χ2v) is 9.10. The number of H-pyrrole nitrogens is 1. The molecule has 1 aliphatic rings. The van der Waals surface area contributed by atoms with Crippen molar-refractivity contribution in [2.75, 3.05) is 5.32 Å². The molecule has 0 spiro atoms. The molecule has 0 aliphatic heterocycles. The highest BCUT2D eigenvalue weighted by Gasteiger charge is 2.43. The number of aromatic amines is 1. The van der Waals surface area contributed by atoms with Crippen LogP contribution in [0.3, 0.4) is 0 Å². The van der Waals surface area contributed by atoms with Crippen molar-refractivity contribution in [1.29, 1.82) is 0 Å². The van der Waals surface area contributed by atoms with E-state index in [0.717, 1.165) is 12.1 Å². The number of pyridine rings is 1. The maximum Gasteiger partial charge on any atom is 0.490 e. The normalized spacial score (nSPS) is 19.0. The second kappa shape index (κ2) is 12.4. The van der Waals surface area contributed by atoms with Crippen LogP contribution in [0.1, 0.15) is 36.9 Å². The number of hydrogen-bond acceptors (Lipinski definition) is 6. The van der Waals surface area contributed by atoms with Gasteiger partial charge in [0.25, 0.3) is 0 Å². The van der Waals surface area contributed by atoms with E-state index in [9.17, 15) is 40.6 Å². The van der Waals surface area contributed by atoms with Gasteiger partial charge in [0.05, 0.1) is 17.1 Å². The van der Waals surface area contributed by atoms with E-state index >= 15 is 0 Å². The molecule has 0 radical (unpaired) electrons. The van der Waals surface area contributed by atoms with E-state index in [0.29, 0.717) is 23.4 Å². The van der Waals surface area contributed by atoms with Crippen molar-refractivity contribution in [3.8, 4) is 5.75 Å². The summed E-state index contributed by atoms with van der Waals surface area (Å²) in [6, 6.07) is 9.84. The van der Waals surface area contributed by atoms with Crippen LogP contribution in [0.15, 0.2) is 48.7 Å². The lowest BCUT2D eigenvalue weighted by Gasteiger charge is -2.36. The fourth-order valence-corrected chi connectivity index (χ4v) is 4.18. The minimum absolute atomic E-state index is 0.170. The number of aliphatic carboxylic acids is 2. The van der Waals surface area contributed by atoms with Gasteiger partial charge in [-0.2, -0.15) is 31.4 Å². The van der Waals surface area contributed by atoms with Crippen LogP contribution in [0.25, 0.3) is 0 Å². The number of carbonyl (C=O) groups is 2. The third-order valence-electron chi connectivity index (χ3n) is 6.23. The maximum atomic E-state index is 14.3. The number of carboxylic acid groups (broad SMARTS) is 2. The third kappa shape index (κ3) is 8.31. The van der Waals surface area contributed by atoms with Gasteiger partial charge in [0.15, 0.2) is 17.4 Å². The number of benzene rings is 1. The second-order valence-electron chi connectivity index (χ2n) is 9.10. The third-order valence-corrected chi connectivity index (χ3v) is 6.23. The van der Waals surface area contributed by atoms with Gasteiger partial charge in [-0.3, -0.25) is 9.89 Å². The Balaban J connectivity index is 0.000000587. The quantitative estimate of drug-likeness (QED) is 0.246. The summed E-state index contributed by atoms with van der Waals surface area (Å²) in [5.74, 6) is -4.60. The maximum absolute atomic E-state index is 14.3. The van der Waals surface area contributed by atoms with Crippen LogP contribution in [0.2, 0.25) is 0 Å². The zero-order valence-electron chi connectivity index (χ0n) is 20.9. The first kappa shape index (κ1) is 31.2. The van der Waals surface area contributed by atoms with Crippen molar-refractivity contribution in [3.05, 3.63) is 65.7 Å². The number of rotatable bonds is 7. The highest BCUT2D eigenvalue weighted by atomic mass is 19.4. The van der Waals surface area contributed by atoms with Gasteiger partial charge < -0.3 is 20.3 Å². The van der Waals surface area contributed by atoms with Gasteiger partial charge in [-0.05, 0) is 49.9 Å². The Hall–Kier alpha value is -4.37. The highest BCUT2D eigenvalue weighted by molar-refractivity contribution is 5.75. The molecule has 4 rings (SSSR count). The van der Waals surface area contributed by atoms with Crippen molar-refractivity contribution < 1.29 is 55.3 Å². The van der Waals surface area contributed by atoms with Crippen LogP contribution >= 0.6 is 0 Å². The largest absolute Gasteiger partial charge is 0.490 e. The number of carboxylic acids is 2. The van der Waals surface area contributed by atoms with E-state index in [1.54, 1.807) is 30.5 Å². The van der Waals surface area contributed by atoms with Crippen LogP contribution in [-0.2, 0) is 22.2 Å². The standard InChI is InChI=1S/C23H22F4N4O3.C2HF3O2/c24-20-16(23(25,26)27)4-2-5-17(20)34-15-7-10-22(11-8-15,21(32)33)13-14-3-1-6-18(29-14)30-19-9-12-28-31-19;3-2(4,5)1(6)7/h1-6,9,12,15H,7-8,10-11,13H2,(H,32,33)(H2,28,29,30,31);(H,6,7)/t15-,22-;. The Morgan fingerprint density at radius 3 is 2.17 bits per heavy atom. The van der Waals surface area contributed by atoms with E-state index in [-0.39, 0.29) is 32.1 Å².